The zero-order chi connectivity index (χ0) is 17.1. The van der Waals surface area contributed by atoms with Crippen LogP contribution in [0.2, 0.25) is 0 Å². The minimum Gasteiger partial charge on any atom is -0.333 e. The van der Waals surface area contributed by atoms with Gasteiger partial charge < -0.3 is 4.90 Å². The monoisotopic (exact) mass is 434 g/mol. The molecule has 0 aliphatic carbocycles. The lowest BCUT2D eigenvalue weighted by molar-refractivity contribution is 0.0475. The summed E-state index contributed by atoms with van der Waals surface area (Å²) in [5.41, 5.74) is 3.35. The fourth-order valence-electron chi connectivity index (χ4n) is 3.21. The standard InChI is InChI=1S/C20H23IN2O/c1-15-8-9-18(12-19(15)21)20(24)23-11-10-22(13-16(23)2)14-17-6-4-3-5-7-17/h3-9,12,16H,10-11,13-14H2,1-2H3/t16-/m1/s1. The van der Waals surface area contributed by atoms with Crippen LogP contribution in [0.25, 0.3) is 0 Å². The molecule has 0 N–H and O–H groups in total. The second-order valence-electron chi connectivity index (χ2n) is 6.53. The average Bonchev–Trinajstić information content (AvgIpc) is 2.58. The molecule has 0 unspecified atom stereocenters. The number of aryl methyl sites for hydroxylation is 1. The van der Waals surface area contributed by atoms with Gasteiger partial charge in [-0.05, 0) is 59.7 Å². The van der Waals surface area contributed by atoms with Gasteiger partial charge >= 0.3 is 0 Å². The van der Waals surface area contributed by atoms with Gasteiger partial charge in [0.2, 0.25) is 0 Å². The van der Waals surface area contributed by atoms with Crippen LogP contribution in [0.4, 0.5) is 0 Å². The van der Waals surface area contributed by atoms with Gasteiger partial charge in [-0.1, -0.05) is 36.4 Å². The third-order valence-electron chi connectivity index (χ3n) is 4.64. The Balaban J connectivity index is 1.64. The van der Waals surface area contributed by atoms with E-state index in [1.165, 1.54) is 11.1 Å². The number of nitrogens with zero attached hydrogens (tertiary/aromatic N) is 2. The third kappa shape index (κ3) is 3.98. The number of hydrogen-bond acceptors (Lipinski definition) is 2. The molecule has 2 aromatic rings. The largest absolute Gasteiger partial charge is 0.333 e. The van der Waals surface area contributed by atoms with Gasteiger partial charge in [0.15, 0.2) is 0 Å². The maximum atomic E-state index is 12.8. The zero-order valence-electron chi connectivity index (χ0n) is 14.2. The highest BCUT2D eigenvalue weighted by atomic mass is 127. The van der Waals surface area contributed by atoms with Crippen LogP contribution in [-0.2, 0) is 6.54 Å². The summed E-state index contributed by atoms with van der Waals surface area (Å²) in [6.45, 7) is 7.81. The van der Waals surface area contributed by atoms with Crippen LogP contribution in [-0.4, -0.2) is 41.4 Å². The van der Waals surface area contributed by atoms with Crippen molar-refractivity contribution < 1.29 is 4.79 Å². The van der Waals surface area contributed by atoms with Crippen LogP contribution in [0, 0.1) is 10.5 Å². The van der Waals surface area contributed by atoms with Gasteiger partial charge in [-0.3, -0.25) is 9.69 Å². The van der Waals surface area contributed by atoms with Gasteiger partial charge in [0.1, 0.15) is 0 Å². The first kappa shape index (κ1) is 17.4. The Morgan fingerprint density at radius 3 is 2.58 bits per heavy atom. The molecule has 2 aromatic carbocycles. The summed E-state index contributed by atoms with van der Waals surface area (Å²) < 4.78 is 1.15. The maximum Gasteiger partial charge on any atom is 0.254 e. The number of amides is 1. The molecule has 1 aliphatic rings. The Morgan fingerprint density at radius 1 is 1.17 bits per heavy atom. The van der Waals surface area contributed by atoms with E-state index in [-0.39, 0.29) is 11.9 Å². The molecule has 1 fully saturated rings. The number of piperazine rings is 1. The van der Waals surface area contributed by atoms with Gasteiger partial charge in [-0.25, -0.2) is 0 Å². The molecule has 0 aromatic heterocycles. The molecule has 1 saturated heterocycles. The molecule has 1 atom stereocenters. The van der Waals surface area contributed by atoms with Crippen LogP contribution < -0.4 is 0 Å². The Morgan fingerprint density at radius 2 is 1.92 bits per heavy atom. The van der Waals surface area contributed by atoms with E-state index in [9.17, 15) is 4.79 Å². The second-order valence-corrected chi connectivity index (χ2v) is 7.69. The van der Waals surface area contributed by atoms with Gasteiger partial charge in [-0.15, -0.1) is 0 Å². The van der Waals surface area contributed by atoms with Gasteiger partial charge in [0, 0.05) is 41.4 Å². The lowest BCUT2D eigenvalue weighted by Crippen LogP contribution is -2.53. The lowest BCUT2D eigenvalue weighted by Gasteiger charge is -2.40. The molecule has 4 heteroatoms. The van der Waals surface area contributed by atoms with E-state index in [2.05, 4.69) is 65.6 Å². The number of rotatable bonds is 3. The van der Waals surface area contributed by atoms with E-state index >= 15 is 0 Å². The molecule has 0 spiro atoms. The Hall–Kier alpha value is -1.40. The van der Waals surface area contributed by atoms with Crippen LogP contribution in [0.3, 0.4) is 0 Å². The van der Waals surface area contributed by atoms with E-state index in [0.717, 1.165) is 35.3 Å². The predicted molar refractivity (Wildman–Crippen MR) is 106 cm³/mol. The molecule has 1 heterocycles. The smallest absolute Gasteiger partial charge is 0.254 e. The van der Waals surface area contributed by atoms with Crippen LogP contribution in [0.15, 0.2) is 48.5 Å². The molecule has 0 bridgehead atoms. The van der Waals surface area contributed by atoms with Gasteiger partial charge in [-0.2, -0.15) is 0 Å². The topological polar surface area (TPSA) is 23.6 Å². The van der Waals surface area contributed by atoms with E-state index in [4.69, 9.17) is 0 Å². The molecule has 1 aliphatic heterocycles. The summed E-state index contributed by atoms with van der Waals surface area (Å²) in [5.74, 6) is 0.153. The number of benzene rings is 2. The first-order valence-electron chi connectivity index (χ1n) is 8.38. The summed E-state index contributed by atoms with van der Waals surface area (Å²) in [5, 5.41) is 0. The molecule has 1 amide bonds. The minimum atomic E-state index is 0.153. The summed E-state index contributed by atoms with van der Waals surface area (Å²) in [6, 6.07) is 16.7. The SMILES string of the molecule is Cc1ccc(C(=O)N2CCN(Cc3ccccc3)C[C@H]2C)cc1I. The first-order valence-corrected chi connectivity index (χ1v) is 9.46. The number of carbonyl (C=O) groups excluding carboxylic acids is 1. The molecular formula is C20H23IN2O. The maximum absolute atomic E-state index is 12.8. The van der Waals surface area contributed by atoms with E-state index in [1.807, 2.05) is 29.2 Å². The average molecular weight is 434 g/mol. The number of carbonyl (C=O) groups is 1. The minimum absolute atomic E-state index is 0.153. The van der Waals surface area contributed by atoms with E-state index < -0.39 is 0 Å². The Bertz CT molecular complexity index is 717. The van der Waals surface area contributed by atoms with Gasteiger partial charge in [0.25, 0.3) is 5.91 Å². The molecule has 3 rings (SSSR count). The summed E-state index contributed by atoms with van der Waals surface area (Å²) in [7, 11) is 0. The molecule has 126 valence electrons. The van der Waals surface area contributed by atoms with Crippen molar-refractivity contribution in [1.82, 2.24) is 9.80 Å². The van der Waals surface area contributed by atoms with Crippen molar-refractivity contribution in [2.45, 2.75) is 26.4 Å². The van der Waals surface area contributed by atoms with Crippen molar-refractivity contribution in [3.05, 3.63) is 68.8 Å². The number of halogens is 1. The first-order chi connectivity index (χ1) is 11.5. The highest BCUT2D eigenvalue weighted by Crippen LogP contribution is 2.19. The summed E-state index contributed by atoms with van der Waals surface area (Å²) in [6.07, 6.45) is 0. The van der Waals surface area contributed by atoms with Crippen molar-refractivity contribution in [2.75, 3.05) is 19.6 Å². The van der Waals surface area contributed by atoms with Crippen LogP contribution in [0.1, 0.15) is 28.4 Å². The quantitative estimate of drug-likeness (QED) is 0.684. The van der Waals surface area contributed by atoms with E-state index in [0.29, 0.717) is 0 Å². The summed E-state index contributed by atoms with van der Waals surface area (Å²) in [4.78, 5) is 17.3. The Kier molecular flexibility index (Phi) is 5.56. The van der Waals surface area contributed by atoms with E-state index in [1.54, 1.807) is 0 Å². The van der Waals surface area contributed by atoms with Crippen molar-refractivity contribution >= 4 is 28.5 Å². The zero-order valence-corrected chi connectivity index (χ0v) is 16.4. The van der Waals surface area contributed by atoms with Gasteiger partial charge in [0.05, 0.1) is 0 Å². The molecule has 0 radical (unpaired) electrons. The van der Waals surface area contributed by atoms with Crippen LogP contribution in [0.5, 0.6) is 0 Å². The van der Waals surface area contributed by atoms with Crippen molar-refractivity contribution in [3.8, 4) is 0 Å². The Labute approximate surface area is 157 Å². The molecular weight excluding hydrogens is 411 g/mol. The fraction of sp³-hybridized carbons (Fsp3) is 0.350. The highest BCUT2D eigenvalue weighted by molar-refractivity contribution is 14.1. The lowest BCUT2D eigenvalue weighted by atomic mass is 10.1. The third-order valence-corrected chi connectivity index (χ3v) is 5.80. The van der Waals surface area contributed by atoms with Crippen LogP contribution >= 0.6 is 22.6 Å². The molecule has 3 nitrogen and oxygen atoms in total. The number of hydrogen-bond donors (Lipinski definition) is 0. The molecule has 24 heavy (non-hydrogen) atoms. The molecule has 0 saturated carbocycles. The normalized spacial score (nSPS) is 18.6. The predicted octanol–water partition coefficient (Wildman–Crippen LogP) is 3.95. The summed E-state index contributed by atoms with van der Waals surface area (Å²) >= 11 is 2.30. The second kappa shape index (κ2) is 7.66. The van der Waals surface area contributed by atoms with Crippen molar-refractivity contribution in [3.63, 3.8) is 0 Å². The van der Waals surface area contributed by atoms with Crippen molar-refractivity contribution in [1.29, 1.82) is 0 Å². The van der Waals surface area contributed by atoms with Crippen molar-refractivity contribution in [2.24, 2.45) is 0 Å². The fourth-order valence-corrected chi connectivity index (χ4v) is 3.73. The highest BCUT2D eigenvalue weighted by Gasteiger charge is 2.28.